The molecule has 0 aliphatic carbocycles. The summed E-state index contributed by atoms with van der Waals surface area (Å²) in [6, 6.07) is 25.1. The molecule has 0 radical (unpaired) electrons. The van der Waals surface area contributed by atoms with Gasteiger partial charge < -0.3 is 9.64 Å². The second-order valence-electron chi connectivity index (χ2n) is 9.15. The highest BCUT2D eigenvalue weighted by atomic mass is 16.5. The third-order valence-corrected chi connectivity index (χ3v) is 6.85. The molecule has 2 atom stereocenters. The number of carbonyl (C=O) groups excluding carboxylic acids is 2. The van der Waals surface area contributed by atoms with Crippen LogP contribution in [0.15, 0.2) is 84.0 Å². The van der Waals surface area contributed by atoms with Crippen LogP contribution in [-0.2, 0) is 9.53 Å². The van der Waals surface area contributed by atoms with Gasteiger partial charge in [-0.05, 0) is 50.6 Å². The molecule has 3 aromatic carbocycles. The average molecular weight is 469 g/mol. The van der Waals surface area contributed by atoms with Gasteiger partial charge in [0.25, 0.3) is 5.91 Å². The van der Waals surface area contributed by atoms with Crippen molar-refractivity contribution in [2.45, 2.75) is 32.5 Å². The number of amidine groups is 1. The van der Waals surface area contributed by atoms with Gasteiger partial charge in [-0.25, -0.2) is 9.80 Å². The molecule has 2 aliphatic rings. The van der Waals surface area contributed by atoms with Crippen LogP contribution in [0.5, 0.6) is 0 Å². The maximum atomic E-state index is 14.0. The molecule has 0 bridgehead atoms. The minimum atomic E-state index is -0.885. The number of hydrazone groups is 1. The van der Waals surface area contributed by atoms with Gasteiger partial charge in [-0.3, -0.25) is 9.69 Å². The van der Waals surface area contributed by atoms with E-state index in [2.05, 4.69) is 0 Å². The van der Waals surface area contributed by atoms with Gasteiger partial charge in [-0.2, -0.15) is 0 Å². The molecule has 7 nitrogen and oxygen atoms in total. The van der Waals surface area contributed by atoms with Crippen molar-refractivity contribution in [2.24, 2.45) is 5.10 Å². The van der Waals surface area contributed by atoms with E-state index in [9.17, 15) is 9.59 Å². The largest absolute Gasteiger partial charge is 0.463 e. The van der Waals surface area contributed by atoms with E-state index in [1.165, 1.54) is 7.11 Å². The molecule has 0 N–H and O–H groups in total. The smallest absolute Gasteiger partial charge is 0.376 e. The Labute approximate surface area is 205 Å². The molecule has 0 unspecified atom stereocenters. The summed E-state index contributed by atoms with van der Waals surface area (Å²) in [5.41, 5.74) is 3.23. The van der Waals surface area contributed by atoms with Gasteiger partial charge in [0.15, 0.2) is 5.66 Å². The van der Waals surface area contributed by atoms with Gasteiger partial charge in [0.2, 0.25) is 5.84 Å². The van der Waals surface area contributed by atoms with Crippen molar-refractivity contribution in [3.63, 3.8) is 0 Å². The maximum absolute atomic E-state index is 14.0. The molecule has 5 rings (SSSR count). The topological polar surface area (TPSA) is 65.5 Å². The minimum Gasteiger partial charge on any atom is -0.463 e. The Morgan fingerprint density at radius 1 is 1.00 bits per heavy atom. The number of hydrogen-bond acceptors (Lipinski definition) is 6. The number of methoxy groups -OCH3 is 1. The summed E-state index contributed by atoms with van der Waals surface area (Å²) in [5.74, 6) is -0.511. The minimum absolute atomic E-state index is 0.0966. The third kappa shape index (κ3) is 3.64. The number of amides is 1. The molecule has 2 heterocycles. The lowest BCUT2D eigenvalue weighted by atomic mass is 10.0. The number of carbonyl (C=O) groups is 2. The van der Waals surface area contributed by atoms with Gasteiger partial charge >= 0.3 is 5.97 Å². The van der Waals surface area contributed by atoms with E-state index in [1.54, 1.807) is 6.07 Å². The van der Waals surface area contributed by atoms with E-state index >= 15 is 0 Å². The summed E-state index contributed by atoms with van der Waals surface area (Å²) in [6.07, 6.45) is 0. The standard InChI is InChI=1S/C28H28N4O3/c1-19-14-16-22(17-15-19)32-28(3)18-30(20(2)21-10-6-5-7-11-21)26(33)23-12-8-9-13-24(23)31(28)25(29-32)27(34)35-4/h5-17,20H,18H2,1-4H3/t20-,28+/m0/s1. The van der Waals surface area contributed by atoms with Crippen molar-refractivity contribution in [1.29, 1.82) is 0 Å². The number of nitrogens with zero attached hydrogens (tertiary/aromatic N) is 4. The molecule has 35 heavy (non-hydrogen) atoms. The summed E-state index contributed by atoms with van der Waals surface area (Å²) >= 11 is 0. The van der Waals surface area contributed by atoms with Crippen molar-refractivity contribution < 1.29 is 14.3 Å². The van der Waals surface area contributed by atoms with Crippen LogP contribution in [0.4, 0.5) is 11.4 Å². The van der Waals surface area contributed by atoms with Crippen molar-refractivity contribution in [1.82, 2.24) is 4.90 Å². The molecule has 3 aromatic rings. The number of rotatable bonds is 4. The number of ether oxygens (including phenoxy) is 1. The zero-order valence-electron chi connectivity index (χ0n) is 20.3. The Morgan fingerprint density at radius 3 is 2.34 bits per heavy atom. The Balaban J connectivity index is 1.72. The summed E-state index contributed by atoms with van der Waals surface area (Å²) in [5, 5.41) is 6.60. The van der Waals surface area contributed by atoms with Gasteiger partial charge in [-0.1, -0.05) is 60.2 Å². The van der Waals surface area contributed by atoms with Crippen LogP contribution in [0, 0.1) is 6.92 Å². The monoisotopic (exact) mass is 468 g/mol. The number of anilines is 2. The lowest BCUT2D eigenvalue weighted by Crippen LogP contribution is -2.60. The first kappa shape index (κ1) is 22.7. The highest BCUT2D eigenvalue weighted by Crippen LogP contribution is 2.43. The van der Waals surface area contributed by atoms with Crippen molar-refractivity contribution in [3.8, 4) is 0 Å². The van der Waals surface area contributed by atoms with E-state index in [-0.39, 0.29) is 17.8 Å². The Hall–Kier alpha value is -4.13. The number of esters is 1. The van der Waals surface area contributed by atoms with E-state index in [4.69, 9.17) is 9.84 Å². The Morgan fingerprint density at radius 2 is 1.66 bits per heavy atom. The first-order valence-corrected chi connectivity index (χ1v) is 11.6. The van der Waals surface area contributed by atoms with Crippen LogP contribution in [0.3, 0.4) is 0 Å². The molecule has 2 aliphatic heterocycles. The Bertz CT molecular complexity index is 1310. The molecule has 178 valence electrons. The van der Waals surface area contributed by atoms with Gasteiger partial charge in [0.05, 0.1) is 36.6 Å². The average Bonchev–Trinajstić information content (AvgIpc) is 3.14. The fourth-order valence-electron chi connectivity index (χ4n) is 4.95. The second-order valence-corrected chi connectivity index (χ2v) is 9.15. The number of aryl methyl sites for hydroxylation is 1. The molecule has 0 fully saturated rings. The molecule has 7 heteroatoms. The third-order valence-electron chi connectivity index (χ3n) is 6.85. The zero-order valence-corrected chi connectivity index (χ0v) is 20.3. The van der Waals surface area contributed by atoms with E-state index < -0.39 is 11.6 Å². The normalized spacial score (nSPS) is 20.1. The van der Waals surface area contributed by atoms with Crippen molar-refractivity contribution >= 4 is 29.1 Å². The fraction of sp³-hybridized carbons (Fsp3) is 0.250. The van der Waals surface area contributed by atoms with Crippen LogP contribution < -0.4 is 9.91 Å². The van der Waals surface area contributed by atoms with Gasteiger partial charge in [0.1, 0.15) is 0 Å². The van der Waals surface area contributed by atoms with E-state index in [1.807, 2.05) is 108 Å². The second kappa shape index (κ2) is 8.58. The SMILES string of the molecule is COC(=O)C1=NN(c2ccc(C)cc2)[C@]2(C)CN([C@@H](C)c3ccccc3)C(=O)c3ccccc3N12. The molecular weight excluding hydrogens is 440 g/mol. The summed E-state index contributed by atoms with van der Waals surface area (Å²) in [4.78, 5) is 30.7. The van der Waals surface area contributed by atoms with E-state index in [0.717, 1.165) is 16.8 Å². The predicted octanol–water partition coefficient (Wildman–Crippen LogP) is 4.74. The molecular formula is C28H28N4O3. The first-order valence-electron chi connectivity index (χ1n) is 11.6. The lowest BCUT2D eigenvalue weighted by Gasteiger charge is -2.43. The summed E-state index contributed by atoms with van der Waals surface area (Å²) in [6.45, 7) is 6.36. The number of para-hydroxylation sites is 1. The van der Waals surface area contributed by atoms with Crippen LogP contribution in [0.2, 0.25) is 0 Å². The van der Waals surface area contributed by atoms with Gasteiger partial charge in [-0.15, -0.1) is 5.10 Å². The zero-order chi connectivity index (χ0) is 24.7. The molecule has 0 spiro atoms. The predicted molar refractivity (Wildman–Crippen MR) is 136 cm³/mol. The van der Waals surface area contributed by atoms with Crippen LogP contribution in [-0.4, -0.2) is 41.9 Å². The van der Waals surface area contributed by atoms with Crippen LogP contribution in [0.1, 0.15) is 41.4 Å². The number of fused-ring (bicyclic) bond motifs is 3. The number of benzene rings is 3. The quantitative estimate of drug-likeness (QED) is 0.518. The fourth-order valence-corrected chi connectivity index (χ4v) is 4.95. The molecule has 0 saturated heterocycles. The highest BCUT2D eigenvalue weighted by Gasteiger charge is 2.54. The molecule has 0 aromatic heterocycles. The van der Waals surface area contributed by atoms with Crippen LogP contribution >= 0.6 is 0 Å². The molecule has 0 saturated carbocycles. The van der Waals surface area contributed by atoms with Crippen molar-refractivity contribution in [3.05, 3.63) is 95.6 Å². The summed E-state index contributed by atoms with van der Waals surface area (Å²) < 4.78 is 5.12. The molecule has 1 amide bonds. The first-order chi connectivity index (χ1) is 16.8. The maximum Gasteiger partial charge on any atom is 0.376 e. The number of hydrogen-bond donors (Lipinski definition) is 0. The van der Waals surface area contributed by atoms with Crippen LogP contribution in [0.25, 0.3) is 0 Å². The Kier molecular flexibility index (Phi) is 5.55. The highest BCUT2D eigenvalue weighted by molar-refractivity contribution is 6.42. The lowest BCUT2D eigenvalue weighted by molar-refractivity contribution is -0.132. The van der Waals surface area contributed by atoms with Crippen molar-refractivity contribution in [2.75, 3.05) is 23.6 Å². The summed E-state index contributed by atoms with van der Waals surface area (Å²) in [7, 11) is 1.34. The van der Waals surface area contributed by atoms with Gasteiger partial charge in [0, 0.05) is 0 Å². The van der Waals surface area contributed by atoms with E-state index in [0.29, 0.717) is 17.8 Å².